The third kappa shape index (κ3) is 9.88. The van der Waals surface area contributed by atoms with Crippen LogP contribution in [0, 0.1) is 11.8 Å². The highest BCUT2D eigenvalue weighted by Crippen LogP contribution is 2.27. The maximum absolute atomic E-state index is 11.6. The Balaban J connectivity index is 0.00000220. The summed E-state index contributed by atoms with van der Waals surface area (Å²) in [7, 11) is 0. The number of amides is 1. The van der Waals surface area contributed by atoms with Crippen molar-refractivity contribution in [2.75, 3.05) is 39.3 Å². The Morgan fingerprint density at radius 2 is 1.77 bits per heavy atom. The molecule has 1 heterocycles. The second-order valence-corrected chi connectivity index (χ2v) is 6.66. The topological polar surface area (TPSA) is 44.4 Å². The first kappa shape index (κ1) is 22.0. The fourth-order valence-corrected chi connectivity index (χ4v) is 2.75. The first-order valence-corrected chi connectivity index (χ1v) is 8.44. The molecule has 0 atom stereocenters. The Bertz CT molecular complexity index is 293. The highest BCUT2D eigenvalue weighted by molar-refractivity contribution is 5.85. The van der Waals surface area contributed by atoms with Crippen molar-refractivity contribution in [2.45, 2.75) is 45.4 Å². The van der Waals surface area contributed by atoms with Crippen molar-refractivity contribution in [3.05, 3.63) is 0 Å². The van der Waals surface area contributed by atoms with Crippen LogP contribution in [-0.4, -0.2) is 50.1 Å². The summed E-state index contributed by atoms with van der Waals surface area (Å²) in [5.41, 5.74) is 0. The molecule has 2 rings (SSSR count). The quantitative estimate of drug-likeness (QED) is 0.625. The molecule has 132 valence electrons. The summed E-state index contributed by atoms with van der Waals surface area (Å²) in [6, 6.07) is 0. The van der Waals surface area contributed by atoms with Gasteiger partial charge in [-0.05, 0) is 76.5 Å². The van der Waals surface area contributed by atoms with Crippen molar-refractivity contribution < 1.29 is 4.79 Å². The van der Waals surface area contributed by atoms with Crippen LogP contribution in [0.5, 0.6) is 0 Å². The summed E-state index contributed by atoms with van der Waals surface area (Å²) in [4.78, 5) is 14.1. The summed E-state index contributed by atoms with van der Waals surface area (Å²) in [5, 5.41) is 6.23. The Kier molecular flexibility index (Phi) is 12.4. The molecule has 22 heavy (non-hydrogen) atoms. The number of nitrogens with one attached hydrogen (secondary N) is 2. The van der Waals surface area contributed by atoms with E-state index in [0.717, 1.165) is 31.3 Å². The van der Waals surface area contributed by atoms with E-state index in [2.05, 4.69) is 22.5 Å². The van der Waals surface area contributed by atoms with Crippen LogP contribution in [0.3, 0.4) is 0 Å². The zero-order valence-corrected chi connectivity index (χ0v) is 15.4. The smallest absolute Gasteiger partial charge is 0.233 e. The van der Waals surface area contributed by atoms with E-state index in [1.807, 2.05) is 0 Å². The lowest BCUT2D eigenvalue weighted by atomic mass is 9.99. The number of unbranched alkanes of at least 4 members (excludes halogenated alkanes) is 1. The molecular weight excluding hydrogens is 321 g/mol. The lowest BCUT2D eigenvalue weighted by molar-refractivity contribution is -0.120. The third-order valence-corrected chi connectivity index (χ3v) is 4.52. The monoisotopic (exact) mass is 353 g/mol. The third-order valence-electron chi connectivity index (χ3n) is 4.52. The molecule has 0 aromatic rings. The number of carbonyl (C=O) groups excluding carboxylic acids is 1. The average Bonchev–Trinajstić information content (AvgIpc) is 3.25. The summed E-state index contributed by atoms with van der Waals surface area (Å²) >= 11 is 0. The zero-order chi connectivity index (χ0) is 14.2. The minimum atomic E-state index is 0. The van der Waals surface area contributed by atoms with Gasteiger partial charge in [-0.15, -0.1) is 24.8 Å². The summed E-state index contributed by atoms with van der Waals surface area (Å²) in [6.07, 6.45) is 7.67. The Hall–Kier alpha value is -0.0300. The van der Waals surface area contributed by atoms with Crippen LogP contribution < -0.4 is 10.6 Å². The van der Waals surface area contributed by atoms with E-state index in [1.165, 1.54) is 51.7 Å². The molecule has 0 aromatic carbocycles. The zero-order valence-electron chi connectivity index (χ0n) is 13.8. The van der Waals surface area contributed by atoms with Gasteiger partial charge in [-0.25, -0.2) is 0 Å². The number of hydrogen-bond donors (Lipinski definition) is 2. The van der Waals surface area contributed by atoms with Crippen LogP contribution in [0.4, 0.5) is 0 Å². The number of halogens is 2. The molecule has 0 bridgehead atoms. The first-order chi connectivity index (χ1) is 9.74. The van der Waals surface area contributed by atoms with Crippen LogP contribution in [0.2, 0.25) is 0 Å². The standard InChI is InChI=1S/C16H31N3O.2ClH/c1-14-6-10-19(11-7-14)9-3-2-8-18-16(20)13-17-12-15-4-5-15;;/h14-15,17H,2-13H2,1H3,(H,18,20);2*1H. The highest BCUT2D eigenvalue weighted by atomic mass is 35.5. The highest BCUT2D eigenvalue weighted by Gasteiger charge is 2.20. The minimum absolute atomic E-state index is 0. The van der Waals surface area contributed by atoms with Gasteiger partial charge in [-0.1, -0.05) is 6.92 Å². The van der Waals surface area contributed by atoms with Crippen molar-refractivity contribution in [3.8, 4) is 0 Å². The van der Waals surface area contributed by atoms with E-state index < -0.39 is 0 Å². The van der Waals surface area contributed by atoms with Crippen LogP contribution in [0.1, 0.15) is 45.4 Å². The summed E-state index contributed by atoms with van der Waals surface area (Å²) in [5.74, 6) is 1.90. The van der Waals surface area contributed by atoms with Gasteiger partial charge in [-0.2, -0.15) is 0 Å². The fourth-order valence-electron chi connectivity index (χ4n) is 2.75. The van der Waals surface area contributed by atoms with Gasteiger partial charge in [-0.3, -0.25) is 4.79 Å². The first-order valence-electron chi connectivity index (χ1n) is 8.44. The SMILES string of the molecule is CC1CCN(CCCCNC(=O)CNCC2CC2)CC1.Cl.Cl. The lowest BCUT2D eigenvalue weighted by Gasteiger charge is -2.30. The Morgan fingerprint density at radius 3 is 2.41 bits per heavy atom. The molecule has 6 heteroatoms. The van der Waals surface area contributed by atoms with Crippen molar-refractivity contribution in [2.24, 2.45) is 11.8 Å². The summed E-state index contributed by atoms with van der Waals surface area (Å²) in [6.45, 7) is 8.40. The molecule has 0 spiro atoms. The molecule has 1 aliphatic heterocycles. The van der Waals surface area contributed by atoms with E-state index in [0.29, 0.717) is 6.54 Å². The second kappa shape index (κ2) is 12.4. The van der Waals surface area contributed by atoms with E-state index in [-0.39, 0.29) is 30.7 Å². The largest absolute Gasteiger partial charge is 0.355 e. The van der Waals surface area contributed by atoms with Gasteiger partial charge < -0.3 is 15.5 Å². The molecule has 0 unspecified atom stereocenters. The molecule has 0 radical (unpaired) electrons. The van der Waals surface area contributed by atoms with Gasteiger partial charge >= 0.3 is 0 Å². The van der Waals surface area contributed by atoms with E-state index in [9.17, 15) is 4.79 Å². The molecule has 0 aromatic heterocycles. The molecule has 1 saturated heterocycles. The molecule has 1 saturated carbocycles. The second-order valence-electron chi connectivity index (χ2n) is 6.66. The maximum Gasteiger partial charge on any atom is 0.233 e. The van der Waals surface area contributed by atoms with Gasteiger partial charge in [0.1, 0.15) is 0 Å². The number of rotatable bonds is 9. The van der Waals surface area contributed by atoms with Crippen LogP contribution in [0.25, 0.3) is 0 Å². The molecule has 4 nitrogen and oxygen atoms in total. The van der Waals surface area contributed by atoms with E-state index >= 15 is 0 Å². The Morgan fingerprint density at radius 1 is 1.09 bits per heavy atom. The predicted octanol–water partition coefficient (Wildman–Crippen LogP) is 2.46. The molecule has 1 aliphatic carbocycles. The number of nitrogens with zero attached hydrogens (tertiary/aromatic N) is 1. The van der Waals surface area contributed by atoms with Crippen molar-refractivity contribution in [1.29, 1.82) is 0 Å². The van der Waals surface area contributed by atoms with Crippen LogP contribution in [0.15, 0.2) is 0 Å². The lowest BCUT2D eigenvalue weighted by Crippen LogP contribution is -2.36. The van der Waals surface area contributed by atoms with Gasteiger partial charge in [0.05, 0.1) is 6.54 Å². The van der Waals surface area contributed by atoms with E-state index in [4.69, 9.17) is 0 Å². The maximum atomic E-state index is 11.6. The van der Waals surface area contributed by atoms with Crippen LogP contribution in [-0.2, 0) is 4.79 Å². The molecule has 1 amide bonds. The van der Waals surface area contributed by atoms with Crippen molar-refractivity contribution in [1.82, 2.24) is 15.5 Å². The van der Waals surface area contributed by atoms with Gasteiger partial charge in [0.25, 0.3) is 0 Å². The number of hydrogen-bond acceptors (Lipinski definition) is 3. The van der Waals surface area contributed by atoms with Crippen LogP contribution >= 0.6 is 24.8 Å². The molecular formula is C16H33Cl2N3O. The number of carbonyl (C=O) groups is 1. The number of piperidine rings is 1. The summed E-state index contributed by atoms with van der Waals surface area (Å²) < 4.78 is 0. The fraction of sp³-hybridized carbons (Fsp3) is 0.938. The van der Waals surface area contributed by atoms with Gasteiger partial charge in [0.2, 0.25) is 5.91 Å². The number of likely N-dealkylation sites (tertiary alicyclic amines) is 1. The van der Waals surface area contributed by atoms with Gasteiger partial charge in [0, 0.05) is 6.54 Å². The predicted molar refractivity (Wildman–Crippen MR) is 97.2 cm³/mol. The molecule has 2 aliphatic rings. The average molecular weight is 354 g/mol. The molecule has 2 N–H and O–H groups in total. The van der Waals surface area contributed by atoms with Gasteiger partial charge in [0.15, 0.2) is 0 Å². The Labute approximate surface area is 148 Å². The molecule has 2 fully saturated rings. The van der Waals surface area contributed by atoms with Crippen molar-refractivity contribution >= 4 is 30.7 Å². The van der Waals surface area contributed by atoms with Crippen molar-refractivity contribution in [3.63, 3.8) is 0 Å². The van der Waals surface area contributed by atoms with E-state index in [1.54, 1.807) is 0 Å². The minimum Gasteiger partial charge on any atom is -0.355 e. The normalized spacial score (nSPS) is 19.1.